The van der Waals surface area contributed by atoms with E-state index in [0.717, 1.165) is 41.7 Å². The first-order chi connectivity index (χ1) is 18.4. The standard InChI is InChI=1S/C20H24N2O2.C11H8O3/c1-3-13-12-22-9-7-14(13)10-19(22)20(23)16-6-8-21-18-5-4-15(24-2)11-17(16)18;12-10-6-2-3-7-8(10)4-1-5-9(7)11(13)14/h3-6,8,11,13-14,19-20,23H,1,7,9-10,12H2,2H3;1-6,12H,(H,13,14)/t13-,14?,19+,20+;/m1./s1. The van der Waals surface area contributed by atoms with Gasteiger partial charge in [-0.2, -0.15) is 0 Å². The van der Waals surface area contributed by atoms with Crippen molar-refractivity contribution in [1.82, 2.24) is 9.88 Å². The zero-order chi connectivity index (χ0) is 26.8. The van der Waals surface area contributed by atoms with Crippen molar-refractivity contribution in [2.75, 3.05) is 20.2 Å². The molecule has 3 fully saturated rings. The number of rotatable bonds is 5. The molecule has 1 aromatic heterocycles. The fourth-order valence-corrected chi connectivity index (χ4v) is 5.92. The van der Waals surface area contributed by atoms with Crippen LogP contribution in [0.25, 0.3) is 21.7 Å². The van der Waals surface area contributed by atoms with Crippen LogP contribution in [0.1, 0.15) is 34.9 Å². The lowest BCUT2D eigenvalue weighted by Gasteiger charge is -2.50. The number of nitrogens with zero attached hydrogens (tertiary/aromatic N) is 2. The van der Waals surface area contributed by atoms with Crippen molar-refractivity contribution < 1.29 is 24.9 Å². The van der Waals surface area contributed by atoms with Gasteiger partial charge in [-0.3, -0.25) is 9.88 Å². The molecule has 3 aromatic carbocycles. The molecule has 5 atom stereocenters. The maximum Gasteiger partial charge on any atom is 0.336 e. The van der Waals surface area contributed by atoms with E-state index in [-0.39, 0.29) is 17.4 Å². The van der Waals surface area contributed by atoms with Crippen molar-refractivity contribution in [2.45, 2.75) is 25.0 Å². The van der Waals surface area contributed by atoms with Crippen LogP contribution in [0, 0.1) is 11.8 Å². The molecule has 3 aliphatic heterocycles. The van der Waals surface area contributed by atoms with Gasteiger partial charge in [-0.1, -0.05) is 30.3 Å². The zero-order valence-electron chi connectivity index (χ0n) is 21.3. The minimum absolute atomic E-state index is 0.102. The molecule has 2 unspecified atom stereocenters. The van der Waals surface area contributed by atoms with E-state index in [1.165, 1.54) is 18.6 Å². The minimum atomic E-state index is -0.985. The summed E-state index contributed by atoms with van der Waals surface area (Å²) in [6.45, 7) is 6.07. The maximum atomic E-state index is 11.2. The van der Waals surface area contributed by atoms with Crippen molar-refractivity contribution in [1.29, 1.82) is 0 Å². The summed E-state index contributed by atoms with van der Waals surface area (Å²) in [5.41, 5.74) is 2.05. The average Bonchev–Trinajstić information content (AvgIpc) is 2.96. The number of carbonyl (C=O) groups is 1. The predicted octanol–water partition coefficient (Wildman–Crippen LogP) is 5.42. The average molecular weight is 513 g/mol. The first kappa shape index (κ1) is 25.7. The number of aromatic hydroxyl groups is 1. The summed E-state index contributed by atoms with van der Waals surface area (Å²) in [7, 11) is 1.66. The highest BCUT2D eigenvalue weighted by Gasteiger charge is 2.42. The molecule has 2 bridgehead atoms. The van der Waals surface area contributed by atoms with E-state index >= 15 is 0 Å². The Bertz CT molecular complexity index is 1490. The summed E-state index contributed by atoms with van der Waals surface area (Å²) in [5.74, 6) is 1.12. The summed E-state index contributed by atoms with van der Waals surface area (Å²) in [6.07, 6.45) is 5.62. The molecule has 0 amide bonds. The molecule has 196 valence electrons. The summed E-state index contributed by atoms with van der Waals surface area (Å²) in [5, 5.41) is 31.6. The molecule has 4 aromatic rings. The third kappa shape index (κ3) is 4.83. The quantitative estimate of drug-likeness (QED) is 0.307. The van der Waals surface area contributed by atoms with Gasteiger partial charge in [0, 0.05) is 29.6 Å². The number of carboxylic acid groups (broad SMARTS) is 1. The molecule has 0 aliphatic carbocycles. The topological polar surface area (TPSA) is 103 Å². The fourth-order valence-electron chi connectivity index (χ4n) is 5.92. The molecular weight excluding hydrogens is 480 g/mol. The second-order valence-corrected chi connectivity index (χ2v) is 9.96. The summed E-state index contributed by atoms with van der Waals surface area (Å²) >= 11 is 0. The largest absolute Gasteiger partial charge is 0.507 e. The van der Waals surface area contributed by atoms with Gasteiger partial charge in [0.1, 0.15) is 11.5 Å². The second kappa shape index (κ2) is 10.8. The van der Waals surface area contributed by atoms with Crippen molar-refractivity contribution in [3.63, 3.8) is 0 Å². The second-order valence-electron chi connectivity index (χ2n) is 9.96. The van der Waals surface area contributed by atoms with Gasteiger partial charge in [-0.25, -0.2) is 4.79 Å². The number of fused-ring (bicyclic) bond motifs is 5. The van der Waals surface area contributed by atoms with Gasteiger partial charge >= 0.3 is 5.97 Å². The number of ether oxygens (including phenoxy) is 1. The third-order valence-corrected chi connectivity index (χ3v) is 7.95. The van der Waals surface area contributed by atoms with Gasteiger partial charge in [-0.05, 0) is 78.6 Å². The van der Waals surface area contributed by atoms with Crippen LogP contribution >= 0.6 is 0 Å². The predicted molar refractivity (Wildman–Crippen MR) is 148 cm³/mol. The van der Waals surface area contributed by atoms with Crippen LogP contribution in [0.2, 0.25) is 0 Å². The Balaban J connectivity index is 0.000000179. The smallest absolute Gasteiger partial charge is 0.336 e. The van der Waals surface area contributed by atoms with Gasteiger partial charge in [0.05, 0.1) is 24.3 Å². The molecule has 0 saturated carbocycles. The monoisotopic (exact) mass is 512 g/mol. The maximum absolute atomic E-state index is 11.2. The van der Waals surface area contributed by atoms with Crippen LogP contribution in [0.3, 0.4) is 0 Å². The molecule has 7 rings (SSSR count). The molecule has 4 heterocycles. The van der Waals surface area contributed by atoms with Crippen LogP contribution in [0.4, 0.5) is 0 Å². The van der Waals surface area contributed by atoms with Crippen molar-refractivity contribution in [3.05, 3.63) is 90.6 Å². The molecule has 7 nitrogen and oxygen atoms in total. The molecule has 3 saturated heterocycles. The summed E-state index contributed by atoms with van der Waals surface area (Å²) in [6, 6.07) is 17.6. The number of aromatic nitrogens is 1. The van der Waals surface area contributed by atoms with E-state index in [1.54, 1.807) is 37.6 Å². The summed E-state index contributed by atoms with van der Waals surface area (Å²) in [4.78, 5) is 17.7. The number of phenols is 1. The lowest BCUT2D eigenvalue weighted by Crippen LogP contribution is -2.54. The number of aliphatic hydroxyl groups is 1. The SMILES string of the molecule is C=C[C@@H]1CN2CCC1C[C@H]2[C@@H](O)c1ccnc2ccc(OC)cc12.O=C(O)c1cccc2c(O)cccc12. The Hall–Kier alpha value is -3.94. The number of benzene rings is 3. The number of piperidine rings is 3. The van der Waals surface area contributed by atoms with Crippen LogP contribution < -0.4 is 4.74 Å². The molecule has 0 spiro atoms. The minimum Gasteiger partial charge on any atom is -0.507 e. The molecule has 0 radical (unpaired) electrons. The van der Waals surface area contributed by atoms with Gasteiger partial charge in [0.25, 0.3) is 0 Å². The number of hydrogen-bond acceptors (Lipinski definition) is 6. The number of phenolic OH excluding ortho intramolecular Hbond substituents is 1. The van der Waals surface area contributed by atoms with Gasteiger partial charge < -0.3 is 20.1 Å². The van der Waals surface area contributed by atoms with Crippen LogP contribution in [-0.2, 0) is 0 Å². The van der Waals surface area contributed by atoms with Crippen LogP contribution in [-0.4, -0.2) is 57.4 Å². The summed E-state index contributed by atoms with van der Waals surface area (Å²) < 4.78 is 5.35. The Morgan fingerprint density at radius 3 is 2.63 bits per heavy atom. The molecular formula is C31H32N2O5. The van der Waals surface area contributed by atoms with E-state index in [9.17, 15) is 15.0 Å². The molecule has 3 aliphatic rings. The van der Waals surface area contributed by atoms with E-state index in [4.69, 9.17) is 9.84 Å². The van der Waals surface area contributed by atoms with Crippen molar-refractivity contribution in [3.8, 4) is 11.5 Å². The van der Waals surface area contributed by atoms with Crippen LogP contribution in [0.15, 0.2) is 79.5 Å². The number of methoxy groups -OCH3 is 1. The van der Waals surface area contributed by atoms with E-state index < -0.39 is 12.1 Å². The van der Waals surface area contributed by atoms with Gasteiger partial charge in [0.2, 0.25) is 0 Å². The lowest BCUT2D eigenvalue weighted by molar-refractivity contribution is -0.0444. The number of aromatic carboxylic acids is 1. The highest BCUT2D eigenvalue weighted by molar-refractivity contribution is 6.05. The Morgan fingerprint density at radius 1 is 1.13 bits per heavy atom. The molecule has 38 heavy (non-hydrogen) atoms. The highest BCUT2D eigenvalue weighted by Crippen LogP contribution is 2.42. The Morgan fingerprint density at radius 2 is 1.92 bits per heavy atom. The number of pyridine rings is 1. The normalized spacial score (nSPS) is 22.9. The Labute approximate surface area is 221 Å². The number of hydrogen-bond donors (Lipinski definition) is 3. The van der Waals surface area contributed by atoms with Gasteiger partial charge in [0.15, 0.2) is 0 Å². The lowest BCUT2D eigenvalue weighted by atomic mass is 9.73. The number of carboxylic acids is 1. The van der Waals surface area contributed by atoms with Crippen molar-refractivity contribution >= 4 is 27.6 Å². The molecule has 3 N–H and O–H groups in total. The van der Waals surface area contributed by atoms with Gasteiger partial charge in [-0.15, -0.1) is 6.58 Å². The number of aliphatic hydroxyl groups excluding tert-OH is 1. The zero-order valence-corrected chi connectivity index (χ0v) is 21.3. The van der Waals surface area contributed by atoms with E-state index in [1.807, 2.05) is 24.3 Å². The van der Waals surface area contributed by atoms with E-state index in [2.05, 4.69) is 22.5 Å². The Kier molecular flexibility index (Phi) is 7.31. The first-order valence-corrected chi connectivity index (χ1v) is 12.8. The first-order valence-electron chi connectivity index (χ1n) is 12.8. The highest BCUT2D eigenvalue weighted by atomic mass is 16.5. The third-order valence-electron chi connectivity index (χ3n) is 7.95. The van der Waals surface area contributed by atoms with Crippen molar-refractivity contribution in [2.24, 2.45) is 11.8 Å². The van der Waals surface area contributed by atoms with E-state index in [0.29, 0.717) is 22.6 Å². The molecule has 7 heteroatoms. The van der Waals surface area contributed by atoms with Crippen LogP contribution in [0.5, 0.6) is 11.5 Å². The fraction of sp³-hybridized carbons (Fsp3) is 0.290.